The maximum Gasteiger partial charge on any atom is 0.420 e. The molecular formula is C20H22F6N2OS. The minimum atomic E-state index is -4.66. The van der Waals surface area contributed by atoms with Crippen molar-refractivity contribution in [1.29, 1.82) is 0 Å². The summed E-state index contributed by atoms with van der Waals surface area (Å²) in [6.45, 7) is 3.38. The molecule has 1 aliphatic heterocycles. The lowest BCUT2D eigenvalue weighted by atomic mass is 10.1. The third-order valence-electron chi connectivity index (χ3n) is 4.33. The number of rotatable bonds is 2. The van der Waals surface area contributed by atoms with Crippen molar-refractivity contribution in [3.8, 4) is 5.75 Å². The molecule has 0 atom stereocenters. The minimum Gasteiger partial charge on any atom is -0.507 e. The molecule has 3 nitrogen and oxygen atoms in total. The van der Waals surface area contributed by atoms with Gasteiger partial charge in [-0.25, -0.2) is 17.5 Å². The fraction of sp³-hybridized carbons (Fsp3) is 0.400. The zero-order valence-electron chi connectivity index (χ0n) is 16.6. The molecule has 0 aromatic heterocycles. The first-order valence-corrected chi connectivity index (χ1v) is 9.83. The quantitative estimate of drug-likeness (QED) is 0.406. The Morgan fingerprint density at radius 3 is 2.10 bits per heavy atom. The number of hydrogen-bond acceptors (Lipinski definition) is 4. The van der Waals surface area contributed by atoms with Gasteiger partial charge in [0, 0.05) is 25.2 Å². The van der Waals surface area contributed by atoms with Crippen molar-refractivity contribution in [3.05, 3.63) is 47.8 Å². The molecular weight excluding hydrogens is 430 g/mol. The fourth-order valence-electron chi connectivity index (χ4n) is 2.53. The van der Waals surface area contributed by atoms with Crippen molar-refractivity contribution in [2.45, 2.75) is 37.3 Å². The van der Waals surface area contributed by atoms with E-state index in [0.29, 0.717) is 29.4 Å². The predicted octanol–water partition coefficient (Wildman–Crippen LogP) is 6.69. The number of likely N-dealkylation sites (N-methyl/N-ethyl adjacent to an activating group) is 1. The van der Waals surface area contributed by atoms with Crippen LogP contribution in [-0.2, 0) is 6.18 Å². The Labute approximate surface area is 175 Å². The average molecular weight is 452 g/mol. The number of hydrogen-bond donors (Lipinski definition) is 1. The largest absolute Gasteiger partial charge is 0.507 e. The maximum atomic E-state index is 13.2. The zero-order chi connectivity index (χ0) is 22.7. The van der Waals surface area contributed by atoms with E-state index in [0.717, 1.165) is 19.1 Å². The second-order valence-corrected chi connectivity index (χ2v) is 8.08. The molecule has 1 heterocycles. The van der Waals surface area contributed by atoms with E-state index in [-0.39, 0.29) is 6.42 Å². The summed E-state index contributed by atoms with van der Waals surface area (Å²) in [6.07, 6.45) is -4.72. The molecule has 0 radical (unpaired) electrons. The van der Waals surface area contributed by atoms with Crippen molar-refractivity contribution in [3.63, 3.8) is 0 Å². The Kier molecular flexibility index (Phi) is 7.57. The van der Waals surface area contributed by atoms with Crippen LogP contribution in [0.15, 0.2) is 41.3 Å². The molecule has 1 N–H and O–H groups in total. The highest BCUT2D eigenvalue weighted by Gasteiger charge is 2.36. The van der Waals surface area contributed by atoms with Gasteiger partial charge in [0.1, 0.15) is 11.6 Å². The first kappa shape index (κ1) is 24.2. The molecule has 0 unspecified atom stereocenters. The standard InChI is InChI=1S/C16H14F4N2OS.C4H8F2/c1-21-6-7-22(11-4-2-10(17)3-5-11)13-8-12(16(18,19)20)14(23)9-15(13)24-21;1-3-4(2,5)6/h2-5,8-9,23H,6-7H2,1H3;3H2,1-2H3. The summed E-state index contributed by atoms with van der Waals surface area (Å²) in [4.78, 5) is 2.20. The molecule has 10 heteroatoms. The molecule has 30 heavy (non-hydrogen) atoms. The molecule has 2 aromatic carbocycles. The second-order valence-electron chi connectivity index (χ2n) is 6.83. The van der Waals surface area contributed by atoms with E-state index in [9.17, 15) is 31.4 Å². The normalized spacial score (nSPS) is 15.2. The van der Waals surface area contributed by atoms with E-state index >= 15 is 0 Å². The van der Waals surface area contributed by atoms with Gasteiger partial charge >= 0.3 is 6.18 Å². The molecule has 0 fully saturated rings. The summed E-state index contributed by atoms with van der Waals surface area (Å²) in [5.74, 6) is -3.68. The lowest BCUT2D eigenvalue weighted by molar-refractivity contribution is -0.138. The average Bonchev–Trinajstić information content (AvgIpc) is 2.78. The Morgan fingerprint density at radius 2 is 1.60 bits per heavy atom. The summed E-state index contributed by atoms with van der Waals surface area (Å²) in [6, 6.07) is 7.65. The van der Waals surface area contributed by atoms with E-state index in [1.165, 1.54) is 43.1 Å². The number of aromatic hydroxyl groups is 1. The van der Waals surface area contributed by atoms with Crippen LogP contribution in [0.1, 0.15) is 25.8 Å². The lowest BCUT2D eigenvalue weighted by Gasteiger charge is -2.25. The lowest BCUT2D eigenvalue weighted by Crippen LogP contribution is -2.24. The molecule has 0 spiro atoms. The number of halogens is 6. The van der Waals surface area contributed by atoms with Crippen LogP contribution in [0.4, 0.5) is 37.7 Å². The first-order chi connectivity index (χ1) is 13.8. The number of phenols is 1. The van der Waals surface area contributed by atoms with Crippen molar-refractivity contribution < 1.29 is 31.4 Å². The number of phenolic OH excluding ortho intramolecular Hbond substituents is 1. The van der Waals surface area contributed by atoms with Crippen LogP contribution in [0, 0.1) is 5.82 Å². The summed E-state index contributed by atoms with van der Waals surface area (Å²) in [5.41, 5.74) is -0.160. The Hall–Kier alpha value is -2.07. The number of alkyl halides is 5. The monoisotopic (exact) mass is 452 g/mol. The van der Waals surface area contributed by atoms with E-state index in [1.54, 1.807) is 4.90 Å². The molecule has 0 saturated carbocycles. The molecule has 0 amide bonds. The highest BCUT2D eigenvalue weighted by atomic mass is 32.2. The van der Waals surface area contributed by atoms with Crippen molar-refractivity contribution in [1.82, 2.24) is 4.31 Å². The van der Waals surface area contributed by atoms with Crippen molar-refractivity contribution in [2.24, 2.45) is 0 Å². The molecule has 2 aromatic rings. The van der Waals surface area contributed by atoms with Crippen LogP contribution >= 0.6 is 11.9 Å². The van der Waals surface area contributed by atoms with Gasteiger partial charge in [-0.05, 0) is 62.3 Å². The zero-order valence-corrected chi connectivity index (χ0v) is 17.4. The van der Waals surface area contributed by atoms with Crippen LogP contribution < -0.4 is 4.90 Å². The maximum absolute atomic E-state index is 13.2. The third-order valence-corrected chi connectivity index (χ3v) is 5.34. The SMILES string of the molecule is CCC(C)(F)F.CN1CCN(c2ccc(F)cc2)c2cc(C(F)(F)F)c(O)cc2S1. The number of benzene rings is 2. The van der Waals surface area contributed by atoms with Gasteiger partial charge in [0.25, 0.3) is 0 Å². The van der Waals surface area contributed by atoms with Crippen LogP contribution in [0.2, 0.25) is 0 Å². The van der Waals surface area contributed by atoms with E-state index in [1.807, 2.05) is 11.4 Å². The van der Waals surface area contributed by atoms with Gasteiger partial charge in [0.2, 0.25) is 5.92 Å². The van der Waals surface area contributed by atoms with Crippen LogP contribution in [0.3, 0.4) is 0 Å². The molecule has 166 valence electrons. The minimum absolute atomic E-state index is 0.0625. The van der Waals surface area contributed by atoms with Crippen LogP contribution in [-0.4, -0.2) is 35.5 Å². The first-order valence-electron chi connectivity index (χ1n) is 9.06. The Morgan fingerprint density at radius 1 is 1.03 bits per heavy atom. The highest BCUT2D eigenvalue weighted by molar-refractivity contribution is 7.97. The molecule has 0 bridgehead atoms. The van der Waals surface area contributed by atoms with Gasteiger partial charge in [-0.15, -0.1) is 0 Å². The molecule has 0 aliphatic carbocycles. The van der Waals surface area contributed by atoms with Gasteiger partial charge in [-0.2, -0.15) is 13.2 Å². The van der Waals surface area contributed by atoms with Crippen molar-refractivity contribution >= 4 is 23.3 Å². The smallest absolute Gasteiger partial charge is 0.420 e. The molecule has 3 rings (SSSR count). The molecule has 1 aliphatic rings. The predicted molar refractivity (Wildman–Crippen MR) is 106 cm³/mol. The van der Waals surface area contributed by atoms with Gasteiger partial charge in [-0.3, -0.25) is 0 Å². The highest BCUT2D eigenvalue weighted by Crippen LogP contribution is 2.45. The van der Waals surface area contributed by atoms with E-state index in [2.05, 4.69) is 0 Å². The summed E-state index contributed by atoms with van der Waals surface area (Å²) >= 11 is 1.26. The Balaban J connectivity index is 0.000000469. The third kappa shape index (κ3) is 6.46. The summed E-state index contributed by atoms with van der Waals surface area (Å²) in [5, 5.41) is 9.75. The number of nitrogens with zero attached hydrogens (tertiary/aromatic N) is 2. The van der Waals surface area contributed by atoms with Gasteiger partial charge in [-0.1, -0.05) is 6.92 Å². The summed E-state index contributed by atoms with van der Waals surface area (Å²) in [7, 11) is 1.82. The van der Waals surface area contributed by atoms with Crippen LogP contribution in [0.25, 0.3) is 0 Å². The van der Waals surface area contributed by atoms with Gasteiger partial charge < -0.3 is 10.0 Å². The number of anilines is 2. The van der Waals surface area contributed by atoms with Gasteiger partial charge in [0.15, 0.2) is 0 Å². The fourth-order valence-corrected chi connectivity index (χ4v) is 3.47. The van der Waals surface area contributed by atoms with Crippen LogP contribution in [0.5, 0.6) is 5.75 Å². The van der Waals surface area contributed by atoms with Crippen molar-refractivity contribution in [2.75, 3.05) is 25.0 Å². The van der Waals surface area contributed by atoms with E-state index in [4.69, 9.17) is 0 Å². The topological polar surface area (TPSA) is 26.7 Å². The van der Waals surface area contributed by atoms with Gasteiger partial charge in [0.05, 0.1) is 16.1 Å². The Bertz CT molecular complexity index is 852. The molecule has 0 saturated heterocycles. The van der Waals surface area contributed by atoms with E-state index < -0.39 is 29.2 Å². The second kappa shape index (κ2) is 9.38. The summed E-state index contributed by atoms with van der Waals surface area (Å²) < 4.78 is 77.3. The number of fused-ring (bicyclic) bond motifs is 1.